The average Bonchev–Trinajstić information content (AvgIpc) is 3.34. The highest BCUT2D eigenvalue weighted by atomic mass is 32.2. The van der Waals surface area contributed by atoms with E-state index in [1.807, 2.05) is 0 Å². The summed E-state index contributed by atoms with van der Waals surface area (Å²) in [6, 6.07) is 16.1. The smallest absolute Gasteiger partial charge is 0.416 e. The standard InChI is InChI=1S/C34H36F3N3O6S/c1-20-24(14-10-16-27(20)46-21(2)41)30(43)39-26(17-22-11-6-5-7-12-22)28(42)32(45)40-19-47-33(3,4)29(40)31(44)38-18-23-13-8-9-15-25(23)34(35,36)37/h5-16,26,28-29,42H,17-19H2,1-4H3,(H,38,44)(H,39,43)/t26-,28-,29+/m0/s1. The Hall–Kier alpha value is -4.36. The first-order chi connectivity index (χ1) is 22.1. The number of alkyl halides is 3. The Morgan fingerprint density at radius 2 is 1.68 bits per heavy atom. The van der Waals surface area contributed by atoms with Crippen LogP contribution in [0.1, 0.15) is 53.4 Å². The zero-order valence-electron chi connectivity index (χ0n) is 26.3. The van der Waals surface area contributed by atoms with E-state index in [1.165, 1.54) is 60.0 Å². The molecule has 13 heteroatoms. The molecule has 0 aliphatic carbocycles. The Kier molecular flexibility index (Phi) is 11.0. The van der Waals surface area contributed by atoms with E-state index < -0.39 is 64.9 Å². The highest BCUT2D eigenvalue weighted by Crippen LogP contribution is 2.40. The first-order valence-corrected chi connectivity index (χ1v) is 15.8. The third-order valence-corrected chi connectivity index (χ3v) is 9.26. The molecule has 0 bridgehead atoms. The molecule has 4 rings (SSSR count). The van der Waals surface area contributed by atoms with E-state index in [9.17, 15) is 37.5 Å². The molecule has 0 unspecified atom stereocenters. The van der Waals surface area contributed by atoms with Gasteiger partial charge in [0.1, 0.15) is 11.8 Å². The first-order valence-electron chi connectivity index (χ1n) is 14.8. The van der Waals surface area contributed by atoms with Crippen LogP contribution >= 0.6 is 11.8 Å². The molecule has 1 aliphatic heterocycles. The van der Waals surface area contributed by atoms with Gasteiger partial charge in [-0.1, -0.05) is 54.6 Å². The van der Waals surface area contributed by atoms with Crippen LogP contribution in [0.5, 0.6) is 5.75 Å². The number of halogens is 3. The van der Waals surface area contributed by atoms with Gasteiger partial charge in [0, 0.05) is 29.3 Å². The summed E-state index contributed by atoms with van der Waals surface area (Å²) in [5.41, 5.74) is 0.241. The maximum atomic E-state index is 13.9. The Morgan fingerprint density at radius 3 is 2.34 bits per heavy atom. The predicted molar refractivity (Wildman–Crippen MR) is 170 cm³/mol. The molecule has 3 N–H and O–H groups in total. The van der Waals surface area contributed by atoms with Crippen molar-refractivity contribution in [3.63, 3.8) is 0 Å². The van der Waals surface area contributed by atoms with Crippen LogP contribution in [0.2, 0.25) is 0 Å². The van der Waals surface area contributed by atoms with Crippen molar-refractivity contribution in [2.75, 3.05) is 5.88 Å². The molecule has 3 amide bonds. The fraction of sp³-hybridized carbons (Fsp3) is 0.353. The first kappa shape index (κ1) is 35.5. The zero-order valence-corrected chi connectivity index (χ0v) is 27.1. The van der Waals surface area contributed by atoms with Gasteiger partial charge < -0.3 is 25.4 Å². The molecule has 0 radical (unpaired) electrons. The molecular formula is C34H36F3N3O6S. The molecular weight excluding hydrogens is 635 g/mol. The third kappa shape index (κ3) is 8.52. The topological polar surface area (TPSA) is 125 Å². The van der Waals surface area contributed by atoms with E-state index in [4.69, 9.17) is 4.74 Å². The Bertz CT molecular complexity index is 1630. The molecule has 1 fully saturated rings. The van der Waals surface area contributed by atoms with Gasteiger partial charge in [0.15, 0.2) is 6.10 Å². The number of hydrogen-bond donors (Lipinski definition) is 3. The second-order valence-corrected chi connectivity index (χ2v) is 13.3. The second kappa shape index (κ2) is 14.6. The highest BCUT2D eigenvalue weighted by molar-refractivity contribution is 8.00. The number of hydrogen-bond acceptors (Lipinski definition) is 7. The number of amides is 3. The van der Waals surface area contributed by atoms with Crippen LogP contribution in [0.15, 0.2) is 72.8 Å². The van der Waals surface area contributed by atoms with E-state index in [-0.39, 0.29) is 29.2 Å². The minimum atomic E-state index is -4.62. The summed E-state index contributed by atoms with van der Waals surface area (Å²) < 4.78 is 44.9. The van der Waals surface area contributed by atoms with E-state index >= 15 is 0 Å². The number of ether oxygens (including phenoxy) is 1. The number of rotatable bonds is 10. The van der Waals surface area contributed by atoms with Crippen molar-refractivity contribution in [2.45, 2.75) is 69.8 Å². The summed E-state index contributed by atoms with van der Waals surface area (Å²) in [5, 5.41) is 16.8. The number of nitrogens with one attached hydrogen (secondary N) is 2. The van der Waals surface area contributed by atoms with Crippen molar-refractivity contribution in [1.82, 2.24) is 15.5 Å². The average molecular weight is 672 g/mol. The number of benzene rings is 3. The molecule has 0 aromatic heterocycles. The van der Waals surface area contributed by atoms with Crippen LogP contribution in [0.3, 0.4) is 0 Å². The van der Waals surface area contributed by atoms with Gasteiger partial charge in [-0.05, 0) is 56.5 Å². The minimum absolute atomic E-state index is 0.0235. The largest absolute Gasteiger partial charge is 0.426 e. The summed E-state index contributed by atoms with van der Waals surface area (Å²) in [5.74, 6) is -2.49. The van der Waals surface area contributed by atoms with Crippen LogP contribution in [0.4, 0.5) is 13.2 Å². The molecule has 3 aromatic carbocycles. The monoisotopic (exact) mass is 671 g/mol. The van der Waals surface area contributed by atoms with E-state index in [0.717, 1.165) is 6.07 Å². The number of aliphatic hydroxyl groups excluding tert-OH is 1. The van der Waals surface area contributed by atoms with Gasteiger partial charge in [0.2, 0.25) is 5.91 Å². The summed E-state index contributed by atoms with van der Waals surface area (Å²) in [7, 11) is 0. The van der Waals surface area contributed by atoms with Crippen molar-refractivity contribution in [2.24, 2.45) is 0 Å². The molecule has 1 saturated heterocycles. The summed E-state index contributed by atoms with van der Waals surface area (Å²) in [4.78, 5) is 53.7. The highest BCUT2D eigenvalue weighted by Gasteiger charge is 2.50. The van der Waals surface area contributed by atoms with Gasteiger partial charge in [-0.3, -0.25) is 19.2 Å². The number of thioether (sulfide) groups is 1. The Balaban J connectivity index is 1.58. The van der Waals surface area contributed by atoms with Crippen LogP contribution in [-0.4, -0.2) is 62.5 Å². The molecule has 9 nitrogen and oxygen atoms in total. The lowest BCUT2D eigenvalue weighted by molar-refractivity contribution is -0.147. The second-order valence-electron chi connectivity index (χ2n) is 11.7. The molecule has 0 saturated carbocycles. The maximum absolute atomic E-state index is 13.9. The van der Waals surface area contributed by atoms with E-state index in [1.54, 1.807) is 51.1 Å². The van der Waals surface area contributed by atoms with Gasteiger partial charge in [-0.2, -0.15) is 13.2 Å². The predicted octanol–water partition coefficient (Wildman–Crippen LogP) is 4.64. The number of nitrogens with zero attached hydrogens (tertiary/aromatic N) is 1. The summed E-state index contributed by atoms with van der Waals surface area (Å²) in [6.45, 7) is 5.87. The third-order valence-electron chi connectivity index (χ3n) is 7.88. The number of aliphatic hydroxyl groups is 1. The van der Waals surface area contributed by atoms with Crippen molar-refractivity contribution in [3.05, 3.63) is 101 Å². The Morgan fingerprint density at radius 1 is 1.02 bits per heavy atom. The lowest BCUT2D eigenvalue weighted by Crippen LogP contribution is -2.58. The zero-order chi connectivity index (χ0) is 34.5. The maximum Gasteiger partial charge on any atom is 0.416 e. The van der Waals surface area contributed by atoms with E-state index in [2.05, 4.69) is 10.6 Å². The molecule has 1 heterocycles. The van der Waals surface area contributed by atoms with Crippen LogP contribution in [-0.2, 0) is 33.5 Å². The van der Waals surface area contributed by atoms with Gasteiger partial charge in [-0.25, -0.2) is 0 Å². The molecule has 3 aromatic rings. The molecule has 47 heavy (non-hydrogen) atoms. The van der Waals surface area contributed by atoms with Gasteiger partial charge in [-0.15, -0.1) is 11.8 Å². The van der Waals surface area contributed by atoms with Crippen molar-refractivity contribution in [1.29, 1.82) is 0 Å². The summed E-state index contributed by atoms with van der Waals surface area (Å²) in [6.07, 6.45) is -6.36. The van der Waals surface area contributed by atoms with Gasteiger partial charge in [0.25, 0.3) is 11.8 Å². The van der Waals surface area contributed by atoms with Crippen molar-refractivity contribution < 1.29 is 42.2 Å². The number of carbonyl (C=O) groups is 4. The lowest BCUT2D eigenvalue weighted by Gasteiger charge is -2.33. The Labute approximate surface area is 274 Å². The van der Waals surface area contributed by atoms with Crippen LogP contribution in [0.25, 0.3) is 0 Å². The van der Waals surface area contributed by atoms with Crippen molar-refractivity contribution >= 4 is 35.5 Å². The van der Waals surface area contributed by atoms with Gasteiger partial charge in [0.05, 0.1) is 17.5 Å². The molecule has 1 aliphatic rings. The lowest BCUT2D eigenvalue weighted by atomic mass is 9.96. The minimum Gasteiger partial charge on any atom is -0.426 e. The summed E-state index contributed by atoms with van der Waals surface area (Å²) >= 11 is 1.28. The van der Waals surface area contributed by atoms with Gasteiger partial charge >= 0.3 is 12.1 Å². The fourth-order valence-corrected chi connectivity index (χ4v) is 6.61. The SMILES string of the molecule is CC(=O)Oc1cccc(C(=O)N[C@@H](Cc2ccccc2)[C@H](O)C(=O)N2CSC(C)(C)[C@H]2C(=O)NCc2ccccc2C(F)(F)F)c1C. The number of esters is 1. The quantitative estimate of drug-likeness (QED) is 0.212. The normalized spacial score (nSPS) is 17.0. The molecule has 0 spiro atoms. The van der Waals surface area contributed by atoms with Crippen LogP contribution < -0.4 is 15.4 Å². The molecule has 3 atom stereocenters. The van der Waals surface area contributed by atoms with Crippen molar-refractivity contribution in [3.8, 4) is 5.75 Å². The van der Waals surface area contributed by atoms with E-state index in [0.29, 0.717) is 11.1 Å². The van der Waals surface area contributed by atoms with Crippen LogP contribution in [0, 0.1) is 6.92 Å². The fourth-order valence-electron chi connectivity index (χ4n) is 5.47. The molecule has 250 valence electrons. The number of carbonyl (C=O) groups excluding carboxylic acids is 4.